The van der Waals surface area contributed by atoms with Crippen molar-refractivity contribution in [2.75, 3.05) is 6.54 Å². The van der Waals surface area contributed by atoms with E-state index >= 15 is 0 Å². The number of hydrogen-bond donors (Lipinski definition) is 0. The minimum absolute atomic E-state index is 0.00307. The summed E-state index contributed by atoms with van der Waals surface area (Å²) in [5, 5.41) is 0. The fraction of sp³-hybridized carbons (Fsp3) is 0.188. The second-order valence-corrected chi connectivity index (χ2v) is 4.86. The van der Waals surface area contributed by atoms with Crippen LogP contribution in [0.1, 0.15) is 21.5 Å². The first-order valence-corrected chi connectivity index (χ1v) is 6.30. The summed E-state index contributed by atoms with van der Waals surface area (Å²) in [6.07, 6.45) is 0. The molecule has 0 aromatic heterocycles. The molecule has 2 aromatic carbocycles. The van der Waals surface area contributed by atoms with Crippen molar-refractivity contribution in [2.45, 2.75) is 13.1 Å². The van der Waals surface area contributed by atoms with Gasteiger partial charge < -0.3 is 0 Å². The van der Waals surface area contributed by atoms with E-state index < -0.39 is 0 Å². The van der Waals surface area contributed by atoms with Gasteiger partial charge in [-0.1, -0.05) is 36.4 Å². The minimum atomic E-state index is -0.344. The molecule has 0 N–H and O–H groups in total. The van der Waals surface area contributed by atoms with Crippen LogP contribution in [-0.2, 0) is 13.1 Å². The van der Waals surface area contributed by atoms with Crippen molar-refractivity contribution in [2.24, 2.45) is 0 Å². The Labute approximate surface area is 111 Å². The summed E-state index contributed by atoms with van der Waals surface area (Å²) in [4.78, 5) is 14.1. The molecule has 1 aliphatic heterocycles. The van der Waals surface area contributed by atoms with Crippen LogP contribution >= 0.6 is 0 Å². The third-order valence-corrected chi connectivity index (χ3v) is 3.38. The fourth-order valence-corrected chi connectivity index (χ4v) is 2.48. The zero-order valence-corrected chi connectivity index (χ0v) is 10.5. The van der Waals surface area contributed by atoms with Gasteiger partial charge in [-0.05, 0) is 23.3 Å². The summed E-state index contributed by atoms with van der Waals surface area (Å²) in [5.41, 5.74) is 2.62. The van der Waals surface area contributed by atoms with Gasteiger partial charge in [0.25, 0.3) is 0 Å². The van der Waals surface area contributed by atoms with E-state index in [4.69, 9.17) is 0 Å². The van der Waals surface area contributed by atoms with Gasteiger partial charge in [-0.15, -0.1) is 0 Å². The minimum Gasteiger partial charge on any atom is -0.293 e. The van der Waals surface area contributed by atoms with Crippen molar-refractivity contribution in [3.05, 3.63) is 71.0 Å². The molecule has 0 unspecified atom stereocenters. The molecule has 1 heterocycles. The van der Waals surface area contributed by atoms with E-state index in [0.717, 1.165) is 12.1 Å². The lowest BCUT2D eigenvalue weighted by Gasteiger charge is -2.27. The lowest BCUT2D eigenvalue weighted by atomic mass is 9.98. The number of hydrogen-bond acceptors (Lipinski definition) is 2. The van der Waals surface area contributed by atoms with Crippen molar-refractivity contribution in [1.29, 1.82) is 0 Å². The Morgan fingerprint density at radius 2 is 1.84 bits per heavy atom. The first-order chi connectivity index (χ1) is 9.22. The molecule has 2 nitrogen and oxygen atoms in total. The standard InChI is InChI=1S/C16H14FNO/c17-14-7-6-13-10-18(11-16(19)15(13)8-14)9-12-4-2-1-3-5-12/h1-8H,9-11H2. The first-order valence-electron chi connectivity index (χ1n) is 6.30. The second kappa shape index (κ2) is 4.94. The van der Waals surface area contributed by atoms with Gasteiger partial charge in [0.05, 0.1) is 6.54 Å². The van der Waals surface area contributed by atoms with Crippen molar-refractivity contribution in [3.8, 4) is 0 Å². The van der Waals surface area contributed by atoms with Gasteiger partial charge in [0.1, 0.15) is 5.82 Å². The Balaban J connectivity index is 1.82. The van der Waals surface area contributed by atoms with Gasteiger partial charge in [-0.25, -0.2) is 4.39 Å². The Hall–Kier alpha value is -2.00. The van der Waals surface area contributed by atoms with E-state index in [1.54, 1.807) is 6.07 Å². The zero-order chi connectivity index (χ0) is 13.2. The molecule has 0 atom stereocenters. The van der Waals surface area contributed by atoms with E-state index in [1.165, 1.54) is 17.7 Å². The molecule has 1 aliphatic rings. The van der Waals surface area contributed by atoms with Crippen LogP contribution < -0.4 is 0 Å². The monoisotopic (exact) mass is 255 g/mol. The van der Waals surface area contributed by atoms with Gasteiger partial charge in [-0.3, -0.25) is 9.69 Å². The van der Waals surface area contributed by atoms with Crippen molar-refractivity contribution in [1.82, 2.24) is 4.90 Å². The number of carbonyl (C=O) groups excluding carboxylic acids is 1. The molecule has 0 saturated carbocycles. The van der Waals surface area contributed by atoms with E-state index in [9.17, 15) is 9.18 Å². The van der Waals surface area contributed by atoms with Crippen LogP contribution in [0, 0.1) is 5.82 Å². The highest BCUT2D eigenvalue weighted by molar-refractivity contribution is 5.99. The topological polar surface area (TPSA) is 20.3 Å². The molecule has 0 bridgehead atoms. The quantitative estimate of drug-likeness (QED) is 0.822. The summed E-state index contributed by atoms with van der Waals surface area (Å²) in [6.45, 7) is 1.78. The molecule has 19 heavy (non-hydrogen) atoms. The van der Waals surface area contributed by atoms with Gasteiger partial charge in [0.15, 0.2) is 5.78 Å². The Kier molecular flexibility index (Phi) is 3.13. The predicted molar refractivity (Wildman–Crippen MR) is 71.3 cm³/mol. The molecule has 0 radical (unpaired) electrons. The van der Waals surface area contributed by atoms with Crippen LogP contribution in [0.5, 0.6) is 0 Å². The van der Waals surface area contributed by atoms with E-state index in [2.05, 4.69) is 4.90 Å². The normalized spacial score (nSPS) is 15.3. The van der Waals surface area contributed by atoms with Gasteiger partial charge in [0.2, 0.25) is 0 Å². The lowest BCUT2D eigenvalue weighted by molar-refractivity contribution is 0.0894. The third kappa shape index (κ3) is 2.56. The number of benzene rings is 2. The third-order valence-electron chi connectivity index (χ3n) is 3.38. The molecule has 3 heteroatoms. The highest BCUT2D eigenvalue weighted by Crippen LogP contribution is 2.21. The molecule has 96 valence electrons. The number of ketones is 1. The van der Waals surface area contributed by atoms with E-state index in [-0.39, 0.29) is 11.6 Å². The number of fused-ring (bicyclic) bond motifs is 1. The molecule has 0 aliphatic carbocycles. The average molecular weight is 255 g/mol. The van der Waals surface area contributed by atoms with Crippen LogP contribution in [0.4, 0.5) is 4.39 Å². The number of nitrogens with zero attached hydrogens (tertiary/aromatic N) is 1. The molecular formula is C16H14FNO. The van der Waals surface area contributed by atoms with Gasteiger partial charge in [-0.2, -0.15) is 0 Å². The van der Waals surface area contributed by atoms with Crippen LogP contribution in [0.3, 0.4) is 0 Å². The lowest BCUT2D eigenvalue weighted by Crippen LogP contribution is -2.34. The first kappa shape index (κ1) is 12.1. The highest BCUT2D eigenvalue weighted by atomic mass is 19.1. The molecule has 0 saturated heterocycles. The summed E-state index contributed by atoms with van der Waals surface area (Å²) in [5.74, 6) is -0.347. The zero-order valence-electron chi connectivity index (χ0n) is 10.5. The molecule has 3 rings (SSSR count). The van der Waals surface area contributed by atoms with Crippen molar-refractivity contribution in [3.63, 3.8) is 0 Å². The van der Waals surface area contributed by atoms with Crippen LogP contribution in [-0.4, -0.2) is 17.2 Å². The van der Waals surface area contributed by atoms with Crippen LogP contribution in [0.25, 0.3) is 0 Å². The average Bonchev–Trinajstić information content (AvgIpc) is 2.41. The molecular weight excluding hydrogens is 241 g/mol. The molecule has 0 amide bonds. The molecule has 0 spiro atoms. The summed E-state index contributed by atoms with van der Waals surface area (Å²) < 4.78 is 13.1. The summed E-state index contributed by atoms with van der Waals surface area (Å²) in [7, 11) is 0. The predicted octanol–water partition coefficient (Wildman–Crippen LogP) is 3.02. The largest absolute Gasteiger partial charge is 0.293 e. The van der Waals surface area contributed by atoms with Crippen molar-refractivity contribution >= 4 is 5.78 Å². The maximum atomic E-state index is 13.1. The fourth-order valence-electron chi connectivity index (χ4n) is 2.48. The number of Topliss-reactive ketones (excluding diaryl/α,β-unsaturated/α-hetero) is 1. The maximum absolute atomic E-state index is 13.1. The Bertz CT molecular complexity index is 609. The van der Waals surface area contributed by atoms with E-state index in [0.29, 0.717) is 18.7 Å². The summed E-state index contributed by atoms with van der Waals surface area (Å²) >= 11 is 0. The SMILES string of the molecule is O=C1CN(Cc2ccccc2)Cc2ccc(F)cc21. The Morgan fingerprint density at radius 3 is 2.63 bits per heavy atom. The smallest absolute Gasteiger partial charge is 0.177 e. The highest BCUT2D eigenvalue weighted by Gasteiger charge is 2.23. The molecule has 0 fully saturated rings. The second-order valence-electron chi connectivity index (χ2n) is 4.86. The van der Waals surface area contributed by atoms with E-state index in [1.807, 2.05) is 30.3 Å². The van der Waals surface area contributed by atoms with Crippen LogP contribution in [0.2, 0.25) is 0 Å². The summed E-state index contributed by atoms with van der Waals surface area (Å²) in [6, 6.07) is 14.5. The maximum Gasteiger partial charge on any atom is 0.177 e. The number of carbonyl (C=O) groups is 1. The number of rotatable bonds is 2. The van der Waals surface area contributed by atoms with Crippen molar-refractivity contribution < 1.29 is 9.18 Å². The van der Waals surface area contributed by atoms with Gasteiger partial charge in [0, 0.05) is 18.7 Å². The van der Waals surface area contributed by atoms with Crippen LogP contribution in [0.15, 0.2) is 48.5 Å². The Morgan fingerprint density at radius 1 is 1.05 bits per heavy atom. The number of halogens is 1. The van der Waals surface area contributed by atoms with Gasteiger partial charge >= 0.3 is 0 Å². The molecule has 2 aromatic rings.